The summed E-state index contributed by atoms with van der Waals surface area (Å²) in [7, 11) is 0. The standard InChI is InChI=1S/2C18H25F2O2.2C9H7.Ti/c2*1-2-3-4-5-6-7-8-9-10-11-18(21)22-17-13-12-15(19)14-16(17)20;2*1-2-5-9-7-3-6-8(9)4-1;/h2*12-13H,2-11H2,1H3;2*1-7H;/q4*-1;+4. The summed E-state index contributed by atoms with van der Waals surface area (Å²) >= 11 is 0. The maximum Gasteiger partial charge on any atom is 4.00 e. The molecule has 0 aromatic heterocycles. The quantitative estimate of drug-likeness (QED) is 0.0170. The van der Waals surface area contributed by atoms with E-state index in [1.807, 2.05) is 12.1 Å². The van der Waals surface area contributed by atoms with Crippen LogP contribution in [0.2, 0.25) is 0 Å². The molecule has 0 aliphatic rings. The van der Waals surface area contributed by atoms with Crippen molar-refractivity contribution in [2.24, 2.45) is 0 Å². The number of ether oxygens (including phenoxy) is 2. The summed E-state index contributed by atoms with van der Waals surface area (Å²) in [5.41, 5.74) is 0. The zero-order valence-corrected chi connectivity index (χ0v) is 38.7. The minimum Gasteiger partial charge on any atom is -0.488 e. The second kappa shape index (κ2) is 34.0. The van der Waals surface area contributed by atoms with Crippen LogP contribution in [0.1, 0.15) is 142 Å². The first kappa shape index (κ1) is 54.6. The maximum absolute atomic E-state index is 13.3. The molecule has 4 nitrogen and oxygen atoms in total. The third-order valence-corrected chi connectivity index (χ3v) is 10.2. The molecule has 0 fully saturated rings. The second-order valence-corrected chi connectivity index (χ2v) is 15.4. The van der Waals surface area contributed by atoms with Crippen LogP contribution in [0, 0.1) is 35.4 Å². The Balaban J connectivity index is 0.000000308. The van der Waals surface area contributed by atoms with E-state index in [1.54, 1.807) is 0 Å². The van der Waals surface area contributed by atoms with Crippen molar-refractivity contribution in [1.29, 1.82) is 0 Å². The monoisotopic (exact) mass is 900 g/mol. The van der Waals surface area contributed by atoms with Gasteiger partial charge in [0.25, 0.3) is 11.9 Å². The number of esters is 2. The molecule has 0 spiro atoms. The van der Waals surface area contributed by atoms with Gasteiger partial charge in [0.15, 0.2) is 0 Å². The van der Waals surface area contributed by atoms with Crippen LogP contribution < -0.4 is 9.47 Å². The average molecular weight is 901 g/mol. The van der Waals surface area contributed by atoms with Gasteiger partial charge in [-0.05, 0) is 12.8 Å². The van der Waals surface area contributed by atoms with Gasteiger partial charge in [0.05, 0.1) is 23.1 Å². The molecule has 0 aliphatic carbocycles. The van der Waals surface area contributed by atoms with Crippen LogP contribution in [0.5, 0.6) is 11.5 Å². The van der Waals surface area contributed by atoms with E-state index in [1.165, 1.54) is 98.6 Å². The van der Waals surface area contributed by atoms with Crippen molar-refractivity contribution in [1.82, 2.24) is 0 Å². The molecule has 0 heterocycles. The van der Waals surface area contributed by atoms with Crippen LogP contribution in [0.4, 0.5) is 17.6 Å². The van der Waals surface area contributed by atoms with Crippen molar-refractivity contribution < 1.29 is 58.3 Å². The minimum absolute atomic E-state index is 0. The number of hydrogen-bond acceptors (Lipinski definition) is 4. The van der Waals surface area contributed by atoms with Crippen LogP contribution >= 0.6 is 0 Å². The molecule has 0 aliphatic heterocycles. The van der Waals surface area contributed by atoms with Crippen molar-refractivity contribution in [3.8, 4) is 11.5 Å². The Morgan fingerprint density at radius 1 is 0.460 bits per heavy atom. The van der Waals surface area contributed by atoms with Crippen molar-refractivity contribution >= 4 is 33.5 Å². The SMILES string of the molecule is CCCCCCCCCCCC(=O)Oc1ccc(F)[c-]c1F.CCCCCCCCCCCC(=O)Oc1ccc(F)[c-]c1F.[Ti+4].c1ccc2[cH-]ccc2c1.c1ccc2[cH-]ccc2c1. The third kappa shape index (κ3) is 24.2. The summed E-state index contributed by atoms with van der Waals surface area (Å²) in [6, 6.07) is 37.3. The molecule has 6 aromatic carbocycles. The molecule has 0 unspecified atom stereocenters. The van der Waals surface area contributed by atoms with Gasteiger partial charge in [-0.25, -0.2) is 17.6 Å². The number of unbranched alkanes of at least 4 members (excludes halogenated alkanes) is 16. The van der Waals surface area contributed by atoms with E-state index in [9.17, 15) is 27.2 Å². The van der Waals surface area contributed by atoms with E-state index in [2.05, 4.69) is 98.8 Å². The van der Waals surface area contributed by atoms with Gasteiger partial charge in [-0.15, -0.1) is 95.7 Å². The Kier molecular flexibility index (Phi) is 29.4. The van der Waals surface area contributed by atoms with Crippen LogP contribution in [0.25, 0.3) is 21.5 Å². The number of rotatable bonds is 22. The minimum atomic E-state index is -0.972. The van der Waals surface area contributed by atoms with Gasteiger partial charge >= 0.3 is 21.7 Å². The molecule has 0 N–H and O–H groups in total. The molecule has 0 saturated carbocycles. The van der Waals surface area contributed by atoms with Gasteiger partial charge in [0.2, 0.25) is 0 Å². The fraction of sp³-hybridized carbons (Fsp3) is 0.407. The van der Waals surface area contributed by atoms with Crippen molar-refractivity contribution in [3.05, 3.63) is 145 Å². The molecule has 0 bridgehead atoms. The molecular weight excluding hydrogens is 836 g/mol. The van der Waals surface area contributed by atoms with Gasteiger partial charge < -0.3 is 9.47 Å². The normalized spacial score (nSPS) is 10.4. The first-order valence-electron chi connectivity index (χ1n) is 22.6. The maximum atomic E-state index is 13.3. The zero-order chi connectivity index (χ0) is 44.6. The summed E-state index contributed by atoms with van der Waals surface area (Å²) < 4.78 is 61.6. The predicted octanol–water partition coefficient (Wildman–Crippen LogP) is 16.3. The molecule has 0 amide bonds. The molecule has 6 rings (SSSR count). The van der Waals surface area contributed by atoms with E-state index >= 15 is 0 Å². The average Bonchev–Trinajstić information content (AvgIpc) is 3.96. The molecule has 0 atom stereocenters. The summed E-state index contributed by atoms with van der Waals surface area (Å²) in [5, 5.41) is 5.32. The Bertz CT molecular complexity index is 1900. The summed E-state index contributed by atoms with van der Waals surface area (Å²) in [5.74, 6) is -5.05. The van der Waals surface area contributed by atoms with Gasteiger partial charge in [0.1, 0.15) is 0 Å². The van der Waals surface area contributed by atoms with E-state index in [0.717, 1.165) is 62.8 Å². The van der Waals surface area contributed by atoms with Crippen LogP contribution in [-0.2, 0) is 31.3 Å². The Labute approximate surface area is 388 Å². The topological polar surface area (TPSA) is 52.6 Å². The van der Waals surface area contributed by atoms with E-state index in [0.29, 0.717) is 0 Å². The molecule has 63 heavy (non-hydrogen) atoms. The van der Waals surface area contributed by atoms with E-state index < -0.39 is 35.2 Å². The molecule has 0 saturated heterocycles. The largest absolute Gasteiger partial charge is 4.00 e. The summed E-state index contributed by atoms with van der Waals surface area (Å²) in [6.45, 7) is 4.41. The van der Waals surface area contributed by atoms with Gasteiger partial charge in [-0.3, -0.25) is 9.59 Å². The van der Waals surface area contributed by atoms with Crippen molar-refractivity contribution in [3.63, 3.8) is 0 Å². The predicted molar refractivity (Wildman–Crippen MR) is 244 cm³/mol. The molecule has 6 aromatic rings. The first-order chi connectivity index (χ1) is 30.2. The van der Waals surface area contributed by atoms with Crippen LogP contribution in [0.15, 0.2) is 109 Å². The van der Waals surface area contributed by atoms with Crippen molar-refractivity contribution in [2.75, 3.05) is 0 Å². The zero-order valence-electron chi connectivity index (χ0n) is 37.2. The third-order valence-electron chi connectivity index (χ3n) is 10.2. The summed E-state index contributed by atoms with van der Waals surface area (Å²) in [4.78, 5) is 23.1. The molecule has 9 heteroatoms. The van der Waals surface area contributed by atoms with Crippen LogP contribution in [0.3, 0.4) is 0 Å². The number of benzene rings is 4. The van der Waals surface area contributed by atoms with E-state index in [-0.39, 0.29) is 46.1 Å². The van der Waals surface area contributed by atoms with E-state index in [4.69, 9.17) is 9.47 Å². The second-order valence-electron chi connectivity index (χ2n) is 15.4. The Hall–Kier alpha value is -4.53. The smallest absolute Gasteiger partial charge is 0.488 e. The van der Waals surface area contributed by atoms with Gasteiger partial charge in [-0.1, -0.05) is 129 Å². The first-order valence-corrected chi connectivity index (χ1v) is 22.6. The fourth-order valence-electron chi connectivity index (χ4n) is 6.67. The fourth-order valence-corrected chi connectivity index (χ4v) is 6.67. The van der Waals surface area contributed by atoms with Gasteiger partial charge in [0, 0.05) is 24.5 Å². The van der Waals surface area contributed by atoms with Gasteiger partial charge in [-0.2, -0.15) is 35.0 Å². The summed E-state index contributed by atoms with van der Waals surface area (Å²) in [6.07, 6.45) is 21.4. The van der Waals surface area contributed by atoms with Crippen LogP contribution in [-0.4, -0.2) is 11.9 Å². The number of fused-ring (bicyclic) bond motifs is 2. The Morgan fingerprint density at radius 3 is 1.13 bits per heavy atom. The Morgan fingerprint density at radius 2 is 0.794 bits per heavy atom. The number of carbonyl (C=O) groups is 2. The molecular formula is C54H64F4O4Ti. The number of halogens is 4. The molecule has 336 valence electrons. The number of carbonyl (C=O) groups excluding carboxylic acids is 2. The van der Waals surface area contributed by atoms with Crippen molar-refractivity contribution in [2.45, 2.75) is 142 Å². The number of hydrogen-bond donors (Lipinski definition) is 0. The molecule has 0 radical (unpaired) electrons.